The van der Waals surface area contributed by atoms with Gasteiger partial charge in [-0.1, -0.05) is 0 Å². The Labute approximate surface area is 192 Å². The summed E-state index contributed by atoms with van der Waals surface area (Å²) in [6.07, 6.45) is -1.23. The highest BCUT2D eigenvalue weighted by Crippen LogP contribution is 2.27. The van der Waals surface area contributed by atoms with Crippen molar-refractivity contribution >= 4 is 29.3 Å². The normalized spacial score (nSPS) is 16.5. The first-order valence-corrected chi connectivity index (χ1v) is 10.7. The summed E-state index contributed by atoms with van der Waals surface area (Å²) in [7, 11) is 1.53. The van der Waals surface area contributed by atoms with Crippen LogP contribution in [0.4, 0.5) is 5.69 Å². The van der Waals surface area contributed by atoms with Crippen molar-refractivity contribution < 1.29 is 33.4 Å². The highest BCUT2D eigenvalue weighted by molar-refractivity contribution is 6.02. The number of rotatable bonds is 8. The molecule has 0 aliphatic carbocycles. The molecule has 1 heterocycles. The molecular weight excluding hydrogens is 426 g/mol. The summed E-state index contributed by atoms with van der Waals surface area (Å²) in [5.41, 5.74) is 1.34. The molecule has 0 bridgehead atoms. The molecule has 2 atom stereocenters. The maximum absolute atomic E-state index is 12.6. The van der Waals surface area contributed by atoms with E-state index in [2.05, 4.69) is 0 Å². The van der Waals surface area contributed by atoms with Crippen LogP contribution in [0.25, 0.3) is 0 Å². The number of nitrogens with zero attached hydrogens (tertiary/aromatic N) is 1. The SMILES string of the molecule is COc1ccc(C(=O)[C@@H](C)OC(=O)[C@@H]2CC(=O)N(c3ccc(C(=O)OC(C)C)cc3)C2)cc1. The number of esters is 2. The Kier molecular flexibility index (Phi) is 7.48. The molecule has 33 heavy (non-hydrogen) atoms. The standard InChI is InChI=1S/C25H27NO7/c1-15(2)32-24(29)18-5-9-20(10-6-18)26-14-19(13-22(26)27)25(30)33-16(3)23(28)17-7-11-21(31-4)12-8-17/h5-12,15-16,19H,13-14H2,1-4H3/t16-,19-/m1/s1. The zero-order valence-corrected chi connectivity index (χ0v) is 19.1. The van der Waals surface area contributed by atoms with Gasteiger partial charge in [0.25, 0.3) is 0 Å². The number of carbonyl (C=O) groups is 4. The molecule has 3 rings (SSSR count). The van der Waals surface area contributed by atoms with Crippen LogP contribution in [0.3, 0.4) is 0 Å². The van der Waals surface area contributed by atoms with Gasteiger partial charge in [-0.2, -0.15) is 0 Å². The third kappa shape index (κ3) is 5.77. The second-order valence-corrected chi connectivity index (χ2v) is 8.08. The minimum Gasteiger partial charge on any atom is -0.497 e. The maximum Gasteiger partial charge on any atom is 0.338 e. The topological polar surface area (TPSA) is 99.2 Å². The molecule has 2 aromatic rings. The van der Waals surface area contributed by atoms with Crippen LogP contribution >= 0.6 is 0 Å². The van der Waals surface area contributed by atoms with E-state index in [9.17, 15) is 19.2 Å². The molecule has 1 saturated heterocycles. The van der Waals surface area contributed by atoms with Crippen LogP contribution in [0.5, 0.6) is 5.75 Å². The van der Waals surface area contributed by atoms with Gasteiger partial charge in [0.2, 0.25) is 11.7 Å². The van der Waals surface area contributed by atoms with Crippen molar-refractivity contribution in [1.82, 2.24) is 0 Å². The van der Waals surface area contributed by atoms with Crippen LogP contribution in [0.1, 0.15) is 47.9 Å². The van der Waals surface area contributed by atoms with E-state index in [4.69, 9.17) is 14.2 Å². The van der Waals surface area contributed by atoms with Gasteiger partial charge in [0.05, 0.1) is 24.7 Å². The van der Waals surface area contributed by atoms with Crippen LogP contribution in [0.2, 0.25) is 0 Å². The predicted molar refractivity (Wildman–Crippen MR) is 120 cm³/mol. The van der Waals surface area contributed by atoms with Gasteiger partial charge >= 0.3 is 11.9 Å². The van der Waals surface area contributed by atoms with Crippen LogP contribution in [0.15, 0.2) is 48.5 Å². The van der Waals surface area contributed by atoms with Crippen LogP contribution in [0, 0.1) is 5.92 Å². The van der Waals surface area contributed by atoms with Gasteiger partial charge in [0, 0.05) is 24.2 Å². The number of hydrogen-bond donors (Lipinski definition) is 0. The van der Waals surface area contributed by atoms with Crippen molar-refractivity contribution in [3.05, 3.63) is 59.7 Å². The van der Waals surface area contributed by atoms with Crippen molar-refractivity contribution in [2.75, 3.05) is 18.6 Å². The van der Waals surface area contributed by atoms with Crippen molar-refractivity contribution in [1.29, 1.82) is 0 Å². The zero-order chi connectivity index (χ0) is 24.1. The lowest BCUT2D eigenvalue weighted by Gasteiger charge is -2.18. The van der Waals surface area contributed by atoms with Crippen LogP contribution in [-0.4, -0.2) is 49.5 Å². The summed E-state index contributed by atoms with van der Waals surface area (Å²) in [4.78, 5) is 51.2. The molecule has 1 amide bonds. The van der Waals surface area contributed by atoms with Crippen molar-refractivity contribution in [2.45, 2.75) is 39.4 Å². The van der Waals surface area contributed by atoms with E-state index in [0.29, 0.717) is 22.6 Å². The summed E-state index contributed by atoms with van der Waals surface area (Å²) >= 11 is 0. The first-order valence-electron chi connectivity index (χ1n) is 10.7. The molecular formula is C25H27NO7. The second kappa shape index (κ2) is 10.3. The Morgan fingerprint density at radius 3 is 2.09 bits per heavy atom. The monoisotopic (exact) mass is 453 g/mol. The van der Waals surface area contributed by atoms with Gasteiger partial charge in [-0.15, -0.1) is 0 Å². The molecule has 1 fully saturated rings. The van der Waals surface area contributed by atoms with Crippen LogP contribution < -0.4 is 9.64 Å². The molecule has 0 spiro atoms. The first-order chi connectivity index (χ1) is 15.7. The van der Waals surface area contributed by atoms with Gasteiger partial charge in [-0.25, -0.2) is 4.79 Å². The summed E-state index contributed by atoms with van der Waals surface area (Å²) in [5.74, 6) is -1.68. The number of ether oxygens (including phenoxy) is 3. The van der Waals surface area contributed by atoms with Crippen LogP contribution in [-0.2, 0) is 19.1 Å². The van der Waals surface area contributed by atoms with Gasteiger partial charge in [0.1, 0.15) is 5.75 Å². The fourth-order valence-corrected chi connectivity index (χ4v) is 3.49. The fraction of sp³-hybridized carbons (Fsp3) is 0.360. The number of amides is 1. The molecule has 0 aromatic heterocycles. The molecule has 174 valence electrons. The van der Waals surface area contributed by atoms with Gasteiger partial charge in [-0.05, 0) is 69.3 Å². The second-order valence-electron chi connectivity index (χ2n) is 8.08. The van der Waals surface area contributed by atoms with Gasteiger partial charge in [-0.3, -0.25) is 14.4 Å². The summed E-state index contributed by atoms with van der Waals surface area (Å²) in [6, 6.07) is 13.0. The third-order valence-electron chi connectivity index (χ3n) is 5.25. The Morgan fingerprint density at radius 2 is 1.52 bits per heavy atom. The largest absolute Gasteiger partial charge is 0.497 e. The van der Waals surface area contributed by atoms with Crippen molar-refractivity contribution in [3.8, 4) is 5.75 Å². The molecule has 0 radical (unpaired) electrons. The third-order valence-corrected chi connectivity index (χ3v) is 5.25. The summed E-state index contributed by atoms with van der Waals surface area (Å²) in [6.45, 7) is 5.17. The molecule has 8 heteroatoms. The lowest BCUT2D eigenvalue weighted by atomic mass is 10.1. The van der Waals surface area contributed by atoms with E-state index in [1.165, 1.54) is 18.9 Å². The molecule has 0 saturated carbocycles. The van der Waals surface area contributed by atoms with Crippen molar-refractivity contribution in [3.63, 3.8) is 0 Å². The van der Waals surface area contributed by atoms with Gasteiger partial charge in [0.15, 0.2) is 6.10 Å². The molecule has 0 N–H and O–H groups in total. The van der Waals surface area contributed by atoms with Crippen molar-refractivity contribution in [2.24, 2.45) is 5.92 Å². The zero-order valence-electron chi connectivity index (χ0n) is 19.1. The average Bonchev–Trinajstić information content (AvgIpc) is 3.20. The number of anilines is 1. The smallest absolute Gasteiger partial charge is 0.338 e. The maximum atomic E-state index is 12.6. The molecule has 8 nitrogen and oxygen atoms in total. The minimum atomic E-state index is -0.985. The Hall–Kier alpha value is -3.68. The number of benzene rings is 2. The summed E-state index contributed by atoms with van der Waals surface area (Å²) in [5, 5.41) is 0. The lowest BCUT2D eigenvalue weighted by molar-refractivity contribution is -0.151. The lowest BCUT2D eigenvalue weighted by Crippen LogP contribution is -2.30. The van der Waals surface area contributed by atoms with E-state index < -0.39 is 24.0 Å². The molecule has 1 aliphatic heterocycles. The number of methoxy groups -OCH3 is 1. The number of ketones is 1. The van der Waals surface area contributed by atoms with Gasteiger partial charge < -0.3 is 19.1 Å². The predicted octanol–water partition coefficient (Wildman–Crippen LogP) is 3.43. The van der Waals surface area contributed by atoms with E-state index in [1.807, 2.05) is 0 Å². The van der Waals surface area contributed by atoms with E-state index >= 15 is 0 Å². The molecule has 1 aliphatic rings. The van der Waals surface area contributed by atoms with E-state index in [-0.39, 0.29) is 30.8 Å². The summed E-state index contributed by atoms with van der Waals surface area (Å²) < 4.78 is 15.6. The molecule has 0 unspecified atom stereocenters. The Bertz CT molecular complexity index is 1030. The van der Waals surface area contributed by atoms with E-state index in [0.717, 1.165) is 0 Å². The van der Waals surface area contributed by atoms with E-state index in [1.54, 1.807) is 62.4 Å². The average molecular weight is 453 g/mol. The molecule has 2 aromatic carbocycles. The number of carbonyl (C=O) groups excluding carboxylic acids is 4. The fourth-order valence-electron chi connectivity index (χ4n) is 3.49. The Morgan fingerprint density at radius 1 is 0.909 bits per heavy atom. The highest BCUT2D eigenvalue weighted by Gasteiger charge is 2.37. The Balaban J connectivity index is 1.60. The minimum absolute atomic E-state index is 0.0145. The highest BCUT2D eigenvalue weighted by atomic mass is 16.5. The first kappa shape index (κ1) is 24.0. The quantitative estimate of drug-likeness (QED) is 0.446. The number of hydrogen-bond acceptors (Lipinski definition) is 7. The number of Topliss-reactive ketones (excluding diaryl/α,β-unsaturated/α-hetero) is 1.